The second-order valence-electron chi connectivity index (χ2n) is 4.68. The maximum atomic E-state index is 12.2. The average Bonchev–Trinajstić information content (AvgIpc) is 2.92. The number of carbonyl (C=O) groups is 1. The van der Waals surface area contributed by atoms with Crippen molar-refractivity contribution in [3.63, 3.8) is 0 Å². The highest BCUT2D eigenvalue weighted by Crippen LogP contribution is 2.18. The molecule has 1 amide bonds. The van der Waals surface area contributed by atoms with Gasteiger partial charge in [0.25, 0.3) is 5.91 Å². The number of rotatable bonds is 4. The SMILES string of the molecule is Cc1cc(NC(=O)c2ccnc(Nc3cccc(Cl)c3)n2)no1. The molecular formula is C15H12ClN5O2. The maximum absolute atomic E-state index is 12.2. The molecular weight excluding hydrogens is 318 g/mol. The average molecular weight is 330 g/mol. The van der Waals surface area contributed by atoms with Crippen LogP contribution in [0.4, 0.5) is 17.5 Å². The van der Waals surface area contributed by atoms with Crippen molar-refractivity contribution >= 4 is 35.0 Å². The minimum Gasteiger partial charge on any atom is -0.360 e. The Morgan fingerprint density at radius 1 is 1.26 bits per heavy atom. The van der Waals surface area contributed by atoms with Crippen LogP contribution < -0.4 is 10.6 Å². The van der Waals surface area contributed by atoms with E-state index in [9.17, 15) is 4.79 Å². The summed E-state index contributed by atoms with van der Waals surface area (Å²) in [6.07, 6.45) is 1.49. The monoisotopic (exact) mass is 329 g/mol. The van der Waals surface area contributed by atoms with E-state index < -0.39 is 5.91 Å². The molecule has 0 spiro atoms. The van der Waals surface area contributed by atoms with Crippen LogP contribution in [0.1, 0.15) is 16.2 Å². The van der Waals surface area contributed by atoms with Gasteiger partial charge in [0.1, 0.15) is 11.5 Å². The molecule has 0 fully saturated rings. The van der Waals surface area contributed by atoms with Crippen molar-refractivity contribution in [2.24, 2.45) is 0 Å². The van der Waals surface area contributed by atoms with Crippen LogP contribution in [0.2, 0.25) is 5.02 Å². The fraction of sp³-hybridized carbons (Fsp3) is 0.0667. The molecule has 0 aliphatic rings. The molecule has 0 bridgehead atoms. The lowest BCUT2D eigenvalue weighted by molar-refractivity contribution is 0.102. The van der Waals surface area contributed by atoms with E-state index in [1.54, 1.807) is 31.2 Å². The van der Waals surface area contributed by atoms with Crippen LogP contribution >= 0.6 is 11.6 Å². The second-order valence-corrected chi connectivity index (χ2v) is 5.11. The predicted octanol–water partition coefficient (Wildman–Crippen LogP) is 3.42. The molecule has 7 nitrogen and oxygen atoms in total. The highest BCUT2D eigenvalue weighted by Gasteiger charge is 2.11. The summed E-state index contributed by atoms with van der Waals surface area (Å²) in [4.78, 5) is 20.4. The smallest absolute Gasteiger partial charge is 0.275 e. The molecule has 0 radical (unpaired) electrons. The summed E-state index contributed by atoms with van der Waals surface area (Å²) < 4.78 is 4.89. The number of halogens is 1. The first-order chi connectivity index (χ1) is 11.1. The molecule has 0 saturated carbocycles. The van der Waals surface area contributed by atoms with Crippen molar-refractivity contribution in [2.75, 3.05) is 10.6 Å². The van der Waals surface area contributed by atoms with Gasteiger partial charge in [-0.2, -0.15) is 0 Å². The van der Waals surface area contributed by atoms with E-state index in [0.717, 1.165) is 5.69 Å². The van der Waals surface area contributed by atoms with E-state index in [0.29, 0.717) is 16.6 Å². The number of amides is 1. The van der Waals surface area contributed by atoms with E-state index >= 15 is 0 Å². The van der Waals surface area contributed by atoms with Gasteiger partial charge in [-0.3, -0.25) is 4.79 Å². The Morgan fingerprint density at radius 3 is 2.87 bits per heavy atom. The Labute approximate surface area is 136 Å². The normalized spacial score (nSPS) is 10.3. The Morgan fingerprint density at radius 2 is 2.13 bits per heavy atom. The molecule has 3 rings (SSSR count). The van der Waals surface area contributed by atoms with E-state index in [2.05, 4.69) is 25.8 Å². The first-order valence-electron chi connectivity index (χ1n) is 6.70. The summed E-state index contributed by atoms with van der Waals surface area (Å²) in [7, 11) is 0. The molecule has 0 saturated heterocycles. The van der Waals surface area contributed by atoms with Gasteiger partial charge in [-0.15, -0.1) is 0 Å². The quantitative estimate of drug-likeness (QED) is 0.761. The number of anilines is 3. The number of carbonyl (C=O) groups excluding carboxylic acids is 1. The van der Waals surface area contributed by atoms with Gasteiger partial charge in [0.2, 0.25) is 5.95 Å². The molecule has 0 aliphatic carbocycles. The van der Waals surface area contributed by atoms with E-state index in [1.807, 2.05) is 6.07 Å². The molecule has 3 aromatic rings. The minimum absolute atomic E-state index is 0.199. The number of aromatic nitrogens is 3. The van der Waals surface area contributed by atoms with Crippen LogP contribution in [0.25, 0.3) is 0 Å². The van der Waals surface area contributed by atoms with Gasteiger partial charge in [0.05, 0.1) is 0 Å². The van der Waals surface area contributed by atoms with Crippen LogP contribution in [-0.2, 0) is 0 Å². The van der Waals surface area contributed by atoms with Crippen molar-refractivity contribution < 1.29 is 9.32 Å². The fourth-order valence-electron chi connectivity index (χ4n) is 1.85. The first-order valence-corrected chi connectivity index (χ1v) is 7.08. The van der Waals surface area contributed by atoms with Gasteiger partial charge in [0, 0.05) is 23.0 Å². The highest BCUT2D eigenvalue weighted by molar-refractivity contribution is 6.30. The van der Waals surface area contributed by atoms with Crippen molar-refractivity contribution in [1.82, 2.24) is 15.1 Å². The molecule has 0 atom stereocenters. The Hall–Kier alpha value is -2.93. The van der Waals surface area contributed by atoms with Gasteiger partial charge in [-0.05, 0) is 31.2 Å². The zero-order valence-corrected chi connectivity index (χ0v) is 12.8. The van der Waals surface area contributed by atoms with Crippen LogP contribution in [0, 0.1) is 6.92 Å². The van der Waals surface area contributed by atoms with Crippen LogP contribution in [0.5, 0.6) is 0 Å². The lowest BCUT2D eigenvalue weighted by atomic mass is 10.3. The molecule has 2 N–H and O–H groups in total. The summed E-state index contributed by atoms with van der Waals surface area (Å²) in [6, 6.07) is 10.2. The summed E-state index contributed by atoms with van der Waals surface area (Å²) in [6.45, 7) is 1.74. The third-order valence-electron chi connectivity index (χ3n) is 2.84. The fourth-order valence-corrected chi connectivity index (χ4v) is 2.04. The van der Waals surface area contributed by atoms with E-state index in [-0.39, 0.29) is 11.6 Å². The van der Waals surface area contributed by atoms with Gasteiger partial charge in [-0.1, -0.05) is 22.8 Å². The molecule has 1 aromatic carbocycles. The zero-order chi connectivity index (χ0) is 16.2. The van der Waals surface area contributed by atoms with Crippen LogP contribution in [0.3, 0.4) is 0 Å². The van der Waals surface area contributed by atoms with Gasteiger partial charge < -0.3 is 15.2 Å². The number of benzene rings is 1. The van der Waals surface area contributed by atoms with E-state index in [1.165, 1.54) is 12.3 Å². The molecule has 0 aliphatic heterocycles. The molecule has 8 heteroatoms. The lowest BCUT2D eigenvalue weighted by Gasteiger charge is -2.06. The first kappa shape index (κ1) is 15.0. The number of hydrogen-bond acceptors (Lipinski definition) is 6. The van der Waals surface area contributed by atoms with Crippen molar-refractivity contribution in [2.45, 2.75) is 6.92 Å². The second kappa shape index (κ2) is 6.45. The maximum Gasteiger partial charge on any atom is 0.275 e. The van der Waals surface area contributed by atoms with Gasteiger partial charge >= 0.3 is 0 Å². The summed E-state index contributed by atoms with van der Waals surface area (Å²) in [5.41, 5.74) is 0.923. The minimum atomic E-state index is -0.408. The van der Waals surface area contributed by atoms with Crippen molar-refractivity contribution in [3.05, 3.63) is 59.1 Å². The Balaban J connectivity index is 1.75. The number of hydrogen-bond donors (Lipinski definition) is 2. The summed E-state index contributed by atoms with van der Waals surface area (Å²) >= 11 is 5.92. The Bertz CT molecular complexity index is 849. The van der Waals surface area contributed by atoms with Crippen LogP contribution in [0.15, 0.2) is 47.1 Å². The van der Waals surface area contributed by atoms with Crippen LogP contribution in [-0.4, -0.2) is 21.0 Å². The molecule has 0 unspecified atom stereocenters. The number of aryl methyl sites for hydroxylation is 1. The largest absolute Gasteiger partial charge is 0.360 e. The predicted molar refractivity (Wildman–Crippen MR) is 86.0 cm³/mol. The molecule has 116 valence electrons. The topological polar surface area (TPSA) is 92.9 Å². The molecule has 2 heterocycles. The van der Waals surface area contributed by atoms with E-state index in [4.69, 9.17) is 16.1 Å². The van der Waals surface area contributed by atoms with Gasteiger partial charge in [-0.25, -0.2) is 9.97 Å². The third kappa shape index (κ3) is 3.83. The number of nitrogens with one attached hydrogen (secondary N) is 2. The number of nitrogens with zero attached hydrogens (tertiary/aromatic N) is 3. The highest BCUT2D eigenvalue weighted by atomic mass is 35.5. The van der Waals surface area contributed by atoms with Crippen molar-refractivity contribution in [3.8, 4) is 0 Å². The van der Waals surface area contributed by atoms with Crippen molar-refractivity contribution in [1.29, 1.82) is 0 Å². The van der Waals surface area contributed by atoms with Gasteiger partial charge in [0.15, 0.2) is 5.82 Å². The molecule has 23 heavy (non-hydrogen) atoms. The summed E-state index contributed by atoms with van der Waals surface area (Å²) in [5, 5.41) is 9.87. The lowest BCUT2D eigenvalue weighted by Crippen LogP contribution is -2.15. The Kier molecular flexibility index (Phi) is 4.20. The third-order valence-corrected chi connectivity index (χ3v) is 3.07. The molecule has 2 aromatic heterocycles. The standard InChI is InChI=1S/C15H12ClN5O2/c1-9-7-13(21-23-9)20-14(22)12-5-6-17-15(19-12)18-11-4-2-3-10(16)8-11/h2-8H,1H3,(H,17,18,19)(H,20,21,22). The summed E-state index contributed by atoms with van der Waals surface area (Å²) in [5.74, 6) is 0.813. The zero-order valence-electron chi connectivity index (χ0n) is 12.1.